The number of aryl methyl sites for hydroxylation is 1. The molecule has 0 aliphatic rings. The van der Waals surface area contributed by atoms with Gasteiger partial charge in [-0.1, -0.05) is 103 Å². The van der Waals surface area contributed by atoms with Crippen LogP contribution in [-0.4, -0.2) is 9.97 Å². The highest BCUT2D eigenvalue weighted by Gasteiger charge is 2.17. The van der Waals surface area contributed by atoms with E-state index >= 15 is 0 Å². The molecule has 0 saturated carbocycles. The Morgan fingerprint density at radius 1 is 0.395 bits per heavy atom. The highest BCUT2D eigenvalue weighted by atomic mass is 14.6. The van der Waals surface area contributed by atoms with Gasteiger partial charge in [-0.3, -0.25) is 9.97 Å². The first kappa shape index (κ1) is 25.1. The fourth-order valence-electron chi connectivity index (χ4n) is 6.46. The second kappa shape index (κ2) is 10.3. The van der Waals surface area contributed by atoms with Crippen LogP contribution in [0.5, 0.6) is 0 Å². The number of benzene rings is 6. The zero-order valence-corrected chi connectivity index (χ0v) is 23.8. The van der Waals surface area contributed by atoms with Crippen LogP contribution in [0.15, 0.2) is 152 Å². The number of aromatic nitrogens is 2. The van der Waals surface area contributed by atoms with Gasteiger partial charge in [0.25, 0.3) is 0 Å². The maximum atomic E-state index is 4.62. The van der Waals surface area contributed by atoms with Crippen LogP contribution in [0.4, 0.5) is 0 Å². The van der Waals surface area contributed by atoms with Crippen molar-refractivity contribution in [2.75, 3.05) is 0 Å². The van der Waals surface area contributed by atoms with Crippen LogP contribution in [0.25, 0.3) is 76.8 Å². The predicted octanol–water partition coefficient (Wildman–Crippen LogP) is 10.9. The molecule has 8 rings (SSSR count). The molecule has 0 atom stereocenters. The minimum Gasteiger partial charge on any atom is -0.264 e. The largest absolute Gasteiger partial charge is 0.264 e. The van der Waals surface area contributed by atoms with Gasteiger partial charge in [0.1, 0.15) is 0 Å². The molecule has 43 heavy (non-hydrogen) atoms. The fourth-order valence-corrected chi connectivity index (χ4v) is 6.46. The Balaban J connectivity index is 1.34. The number of fused-ring (bicyclic) bond motifs is 3. The van der Waals surface area contributed by atoms with Crippen molar-refractivity contribution in [2.24, 2.45) is 0 Å². The van der Waals surface area contributed by atoms with Crippen molar-refractivity contribution in [2.45, 2.75) is 6.92 Å². The third kappa shape index (κ3) is 4.36. The number of pyridine rings is 2. The minimum absolute atomic E-state index is 1.07. The molecule has 0 fully saturated rings. The predicted molar refractivity (Wildman–Crippen MR) is 181 cm³/mol. The summed E-state index contributed by atoms with van der Waals surface area (Å²) in [6.07, 6.45) is 7.62. The molecule has 0 N–H and O–H groups in total. The van der Waals surface area contributed by atoms with E-state index in [4.69, 9.17) is 0 Å². The highest BCUT2D eigenvalue weighted by Crippen LogP contribution is 2.44. The Morgan fingerprint density at radius 2 is 0.977 bits per heavy atom. The van der Waals surface area contributed by atoms with Crippen LogP contribution < -0.4 is 0 Å². The normalized spacial score (nSPS) is 11.4. The average molecular weight is 549 g/mol. The molecule has 6 aromatic carbocycles. The molecule has 2 heterocycles. The van der Waals surface area contributed by atoms with Crippen molar-refractivity contribution in [3.63, 3.8) is 0 Å². The van der Waals surface area contributed by atoms with E-state index in [0.29, 0.717) is 0 Å². The van der Waals surface area contributed by atoms with Crippen LogP contribution in [0, 0.1) is 6.92 Å². The summed E-state index contributed by atoms with van der Waals surface area (Å²) in [4.78, 5) is 8.97. The summed E-state index contributed by atoms with van der Waals surface area (Å²) < 4.78 is 0. The average Bonchev–Trinajstić information content (AvgIpc) is 3.07. The van der Waals surface area contributed by atoms with Gasteiger partial charge in [0.2, 0.25) is 0 Å². The quantitative estimate of drug-likeness (QED) is 0.204. The van der Waals surface area contributed by atoms with Crippen molar-refractivity contribution in [3.05, 3.63) is 158 Å². The topological polar surface area (TPSA) is 25.8 Å². The standard InChI is InChI=1S/C41H28N2/c1-27-19-20-42-26-39(27)34-23-33(24-43-25-34)30-11-8-12-31(22-30)40-35-13-4-6-15-37(35)41(38-16-7-5-14-36(38)40)32-18-17-28-9-2-3-10-29(28)21-32/h2-26H,1H3. The fraction of sp³-hybridized carbons (Fsp3) is 0.0244. The van der Waals surface area contributed by atoms with E-state index in [0.717, 1.165) is 22.3 Å². The molecule has 2 heteroatoms. The Hall–Kier alpha value is -5.60. The van der Waals surface area contributed by atoms with Crippen LogP contribution in [0.3, 0.4) is 0 Å². The van der Waals surface area contributed by atoms with E-state index in [1.807, 2.05) is 30.9 Å². The summed E-state index contributed by atoms with van der Waals surface area (Å²) in [5, 5.41) is 7.52. The lowest BCUT2D eigenvalue weighted by Gasteiger charge is -2.18. The van der Waals surface area contributed by atoms with Gasteiger partial charge in [-0.2, -0.15) is 0 Å². The third-order valence-electron chi connectivity index (χ3n) is 8.54. The number of rotatable bonds is 4. The van der Waals surface area contributed by atoms with Crippen LogP contribution in [-0.2, 0) is 0 Å². The van der Waals surface area contributed by atoms with Crippen molar-refractivity contribution in [1.82, 2.24) is 9.97 Å². The Bertz CT molecular complexity index is 2260. The molecular formula is C41H28N2. The molecule has 0 saturated heterocycles. The van der Waals surface area contributed by atoms with Gasteiger partial charge in [0.05, 0.1) is 0 Å². The molecule has 2 nitrogen and oxygen atoms in total. The lowest BCUT2D eigenvalue weighted by atomic mass is 9.85. The van der Waals surface area contributed by atoms with Crippen molar-refractivity contribution in [3.8, 4) is 44.5 Å². The molecular weight excluding hydrogens is 520 g/mol. The number of hydrogen-bond acceptors (Lipinski definition) is 2. The zero-order valence-electron chi connectivity index (χ0n) is 23.8. The van der Waals surface area contributed by atoms with Crippen molar-refractivity contribution in [1.29, 1.82) is 0 Å². The van der Waals surface area contributed by atoms with E-state index < -0.39 is 0 Å². The minimum atomic E-state index is 1.07. The van der Waals surface area contributed by atoms with Gasteiger partial charge in [0.15, 0.2) is 0 Å². The summed E-state index contributed by atoms with van der Waals surface area (Å²) in [7, 11) is 0. The number of hydrogen-bond donors (Lipinski definition) is 0. The van der Waals surface area contributed by atoms with Crippen LogP contribution in [0.2, 0.25) is 0 Å². The van der Waals surface area contributed by atoms with E-state index in [1.165, 1.54) is 60.1 Å². The van der Waals surface area contributed by atoms with Crippen molar-refractivity contribution >= 4 is 32.3 Å². The molecule has 8 aromatic rings. The first-order valence-corrected chi connectivity index (χ1v) is 14.6. The maximum Gasteiger partial charge on any atom is 0.0349 e. The molecule has 0 unspecified atom stereocenters. The van der Waals surface area contributed by atoms with Crippen LogP contribution in [0.1, 0.15) is 5.56 Å². The molecule has 0 aliphatic carbocycles. The monoisotopic (exact) mass is 548 g/mol. The van der Waals surface area contributed by atoms with Gasteiger partial charge in [-0.05, 0) is 96.9 Å². The van der Waals surface area contributed by atoms with E-state index in [1.54, 1.807) is 0 Å². The molecule has 202 valence electrons. The molecule has 0 amide bonds. The van der Waals surface area contributed by atoms with Gasteiger partial charge >= 0.3 is 0 Å². The summed E-state index contributed by atoms with van der Waals surface area (Å²) in [5.41, 5.74) is 10.6. The Kier molecular flexibility index (Phi) is 6.05. The van der Waals surface area contributed by atoms with Gasteiger partial charge in [0, 0.05) is 41.5 Å². The smallest absolute Gasteiger partial charge is 0.0349 e. The van der Waals surface area contributed by atoms with Crippen LogP contribution >= 0.6 is 0 Å². The number of nitrogens with zero attached hydrogens (tertiary/aromatic N) is 2. The Morgan fingerprint density at radius 3 is 1.67 bits per heavy atom. The molecule has 0 aliphatic heterocycles. The van der Waals surface area contributed by atoms with E-state index in [2.05, 4.69) is 138 Å². The Labute approximate surface area is 251 Å². The summed E-state index contributed by atoms with van der Waals surface area (Å²) in [6, 6.07) is 46.2. The third-order valence-corrected chi connectivity index (χ3v) is 8.54. The summed E-state index contributed by atoms with van der Waals surface area (Å²) in [5.74, 6) is 0. The second-order valence-electron chi connectivity index (χ2n) is 11.1. The second-order valence-corrected chi connectivity index (χ2v) is 11.1. The lowest BCUT2D eigenvalue weighted by Crippen LogP contribution is -1.92. The zero-order chi connectivity index (χ0) is 28.8. The van der Waals surface area contributed by atoms with Gasteiger partial charge in [-0.15, -0.1) is 0 Å². The van der Waals surface area contributed by atoms with Gasteiger partial charge in [-0.25, -0.2) is 0 Å². The SMILES string of the molecule is Cc1ccncc1-c1cncc(-c2cccc(-c3c4ccccc4c(-c4ccc5ccccc5c4)c4ccccc34)c2)c1. The maximum absolute atomic E-state index is 4.62. The summed E-state index contributed by atoms with van der Waals surface area (Å²) >= 11 is 0. The first-order chi connectivity index (χ1) is 21.2. The molecule has 0 radical (unpaired) electrons. The molecule has 0 spiro atoms. The van der Waals surface area contributed by atoms with Gasteiger partial charge < -0.3 is 0 Å². The summed E-state index contributed by atoms with van der Waals surface area (Å²) in [6.45, 7) is 2.11. The van der Waals surface area contributed by atoms with E-state index in [-0.39, 0.29) is 0 Å². The highest BCUT2D eigenvalue weighted by molar-refractivity contribution is 6.21. The van der Waals surface area contributed by atoms with E-state index in [9.17, 15) is 0 Å². The first-order valence-electron chi connectivity index (χ1n) is 14.6. The van der Waals surface area contributed by atoms with Crippen molar-refractivity contribution < 1.29 is 0 Å². The molecule has 2 aromatic heterocycles. The lowest BCUT2D eigenvalue weighted by molar-refractivity contribution is 1.27. The molecule has 0 bridgehead atoms.